The minimum atomic E-state index is -0.376. The van der Waals surface area contributed by atoms with E-state index >= 15 is 0 Å². The molecule has 0 saturated carbocycles. The van der Waals surface area contributed by atoms with Crippen molar-refractivity contribution in [1.29, 1.82) is 0 Å². The lowest BCUT2D eigenvalue weighted by atomic mass is 10.1. The standard InChI is InChI=1S/C22H34N2O2S/c1-5-6-7-8-13-23-21(25)19-15-27-20(14-16(2)3)24(19)22(26)18-11-9-17(4)10-12-18/h9-12,16,19-20H,5-8,13-15H2,1-4H3,(H,23,25)/t19-,20+/m0/s1. The molecular formula is C22H34N2O2S. The molecule has 2 atom stereocenters. The maximum atomic E-state index is 13.2. The van der Waals surface area contributed by atoms with Crippen LogP contribution in [-0.4, -0.2) is 40.4 Å². The molecule has 27 heavy (non-hydrogen) atoms. The Morgan fingerprint density at radius 2 is 1.89 bits per heavy atom. The Morgan fingerprint density at radius 1 is 1.19 bits per heavy atom. The minimum absolute atomic E-state index is 0.00860. The number of nitrogens with zero attached hydrogens (tertiary/aromatic N) is 1. The number of amides is 2. The van der Waals surface area contributed by atoms with E-state index in [9.17, 15) is 9.59 Å². The van der Waals surface area contributed by atoms with Crippen LogP contribution in [-0.2, 0) is 4.79 Å². The lowest BCUT2D eigenvalue weighted by Gasteiger charge is -2.30. The van der Waals surface area contributed by atoms with E-state index in [4.69, 9.17) is 0 Å². The summed E-state index contributed by atoms with van der Waals surface area (Å²) in [6.07, 6.45) is 5.42. The third kappa shape index (κ3) is 6.27. The molecule has 4 nitrogen and oxygen atoms in total. The first-order valence-corrected chi connectivity index (χ1v) is 11.3. The van der Waals surface area contributed by atoms with Crippen LogP contribution < -0.4 is 5.32 Å². The summed E-state index contributed by atoms with van der Waals surface area (Å²) in [5.41, 5.74) is 1.79. The van der Waals surface area contributed by atoms with Crippen LogP contribution in [0, 0.1) is 12.8 Å². The summed E-state index contributed by atoms with van der Waals surface area (Å²) in [5.74, 6) is 1.12. The lowest BCUT2D eigenvalue weighted by molar-refractivity contribution is -0.124. The van der Waals surface area contributed by atoms with E-state index in [2.05, 4.69) is 26.1 Å². The molecule has 5 heteroatoms. The number of nitrogens with one attached hydrogen (secondary N) is 1. The molecule has 1 aromatic rings. The van der Waals surface area contributed by atoms with Gasteiger partial charge in [-0.05, 0) is 37.8 Å². The average Bonchev–Trinajstić information content (AvgIpc) is 3.04. The van der Waals surface area contributed by atoms with E-state index < -0.39 is 0 Å². The summed E-state index contributed by atoms with van der Waals surface area (Å²) in [6.45, 7) is 9.21. The molecule has 0 aliphatic carbocycles. The van der Waals surface area contributed by atoms with Crippen molar-refractivity contribution in [2.45, 2.75) is 71.2 Å². The maximum absolute atomic E-state index is 13.2. The molecule has 0 spiro atoms. The Kier molecular flexibility index (Phi) is 8.68. The summed E-state index contributed by atoms with van der Waals surface area (Å²) in [4.78, 5) is 27.8. The summed E-state index contributed by atoms with van der Waals surface area (Å²) in [6, 6.07) is 7.27. The van der Waals surface area contributed by atoms with Gasteiger partial charge in [-0.2, -0.15) is 0 Å². The zero-order valence-corrected chi connectivity index (χ0v) is 18.0. The number of carbonyl (C=O) groups excluding carboxylic acids is 2. The second-order valence-electron chi connectivity index (χ2n) is 7.86. The molecule has 0 aromatic heterocycles. The van der Waals surface area contributed by atoms with Crippen LogP contribution in [0.2, 0.25) is 0 Å². The molecule has 1 aliphatic heterocycles. The molecule has 1 aromatic carbocycles. The van der Waals surface area contributed by atoms with Crippen molar-refractivity contribution in [3.63, 3.8) is 0 Å². The first-order chi connectivity index (χ1) is 12.9. The molecule has 1 heterocycles. The normalized spacial score (nSPS) is 19.5. The molecule has 1 fully saturated rings. The number of thioether (sulfide) groups is 1. The molecule has 0 unspecified atom stereocenters. The van der Waals surface area contributed by atoms with Crippen molar-refractivity contribution in [1.82, 2.24) is 10.2 Å². The van der Waals surface area contributed by atoms with Crippen LogP contribution >= 0.6 is 11.8 Å². The van der Waals surface area contributed by atoms with Crippen LogP contribution in [0.3, 0.4) is 0 Å². The van der Waals surface area contributed by atoms with Crippen LogP contribution in [0.5, 0.6) is 0 Å². The van der Waals surface area contributed by atoms with E-state index in [1.54, 1.807) is 11.8 Å². The third-order valence-corrected chi connectivity index (χ3v) is 6.24. The van der Waals surface area contributed by atoms with Gasteiger partial charge in [0, 0.05) is 17.9 Å². The topological polar surface area (TPSA) is 49.4 Å². The fraction of sp³-hybridized carbons (Fsp3) is 0.636. The molecular weight excluding hydrogens is 356 g/mol. The fourth-order valence-electron chi connectivity index (χ4n) is 3.35. The predicted molar refractivity (Wildman–Crippen MR) is 114 cm³/mol. The van der Waals surface area contributed by atoms with Crippen molar-refractivity contribution >= 4 is 23.6 Å². The fourth-order valence-corrected chi connectivity index (χ4v) is 4.99. The van der Waals surface area contributed by atoms with Gasteiger partial charge in [-0.15, -0.1) is 11.8 Å². The zero-order valence-electron chi connectivity index (χ0n) is 17.2. The highest BCUT2D eigenvalue weighted by atomic mass is 32.2. The number of carbonyl (C=O) groups is 2. The summed E-state index contributed by atoms with van der Waals surface area (Å²) < 4.78 is 0. The number of aryl methyl sites for hydroxylation is 1. The van der Waals surface area contributed by atoms with Gasteiger partial charge in [0.15, 0.2) is 0 Å². The largest absolute Gasteiger partial charge is 0.354 e. The van der Waals surface area contributed by atoms with E-state index in [-0.39, 0.29) is 23.2 Å². The van der Waals surface area contributed by atoms with Gasteiger partial charge >= 0.3 is 0 Å². The first kappa shape index (κ1) is 21.8. The molecule has 0 bridgehead atoms. The van der Waals surface area contributed by atoms with Crippen LogP contribution in [0.15, 0.2) is 24.3 Å². The lowest BCUT2D eigenvalue weighted by Crippen LogP contribution is -2.50. The Bertz CT molecular complexity index is 615. The van der Waals surface area contributed by atoms with Gasteiger partial charge in [0.1, 0.15) is 6.04 Å². The van der Waals surface area contributed by atoms with Gasteiger partial charge in [0.25, 0.3) is 5.91 Å². The predicted octanol–water partition coefficient (Wildman–Crippen LogP) is 4.62. The van der Waals surface area contributed by atoms with E-state index in [1.807, 2.05) is 36.1 Å². The number of benzene rings is 1. The minimum Gasteiger partial charge on any atom is -0.354 e. The van der Waals surface area contributed by atoms with Crippen molar-refractivity contribution in [3.8, 4) is 0 Å². The zero-order chi connectivity index (χ0) is 19.8. The second-order valence-corrected chi connectivity index (χ2v) is 9.07. The quantitative estimate of drug-likeness (QED) is 0.626. The molecule has 150 valence electrons. The summed E-state index contributed by atoms with van der Waals surface area (Å²) in [5, 5.41) is 3.12. The Morgan fingerprint density at radius 3 is 2.52 bits per heavy atom. The van der Waals surface area contributed by atoms with Gasteiger partial charge in [-0.3, -0.25) is 9.59 Å². The highest BCUT2D eigenvalue weighted by molar-refractivity contribution is 8.00. The van der Waals surface area contributed by atoms with Gasteiger partial charge in [0.05, 0.1) is 5.37 Å². The van der Waals surface area contributed by atoms with Crippen molar-refractivity contribution in [2.75, 3.05) is 12.3 Å². The number of unbranched alkanes of at least 4 members (excludes halogenated alkanes) is 3. The molecule has 0 radical (unpaired) electrons. The number of rotatable bonds is 9. The van der Waals surface area contributed by atoms with Crippen LogP contribution in [0.1, 0.15) is 68.8 Å². The van der Waals surface area contributed by atoms with Crippen LogP contribution in [0.25, 0.3) is 0 Å². The van der Waals surface area contributed by atoms with Crippen LogP contribution in [0.4, 0.5) is 0 Å². The average molecular weight is 391 g/mol. The Hall–Kier alpha value is -1.49. The summed E-state index contributed by atoms with van der Waals surface area (Å²) in [7, 11) is 0. The maximum Gasteiger partial charge on any atom is 0.255 e. The SMILES string of the molecule is CCCCCCNC(=O)[C@@H]1CS[C@H](CC(C)C)N1C(=O)c1ccc(C)cc1. The van der Waals surface area contributed by atoms with Crippen molar-refractivity contribution in [2.24, 2.45) is 5.92 Å². The Labute approximate surface area is 168 Å². The van der Waals surface area contributed by atoms with Gasteiger partial charge in [-0.25, -0.2) is 0 Å². The molecule has 1 N–H and O–H groups in total. The Balaban J connectivity index is 2.08. The molecule has 2 rings (SSSR count). The number of hydrogen-bond acceptors (Lipinski definition) is 3. The third-order valence-electron chi connectivity index (χ3n) is 4.93. The monoisotopic (exact) mass is 390 g/mol. The second kappa shape index (κ2) is 10.7. The van der Waals surface area contributed by atoms with E-state index in [1.165, 1.54) is 12.8 Å². The first-order valence-electron chi connectivity index (χ1n) is 10.2. The van der Waals surface area contributed by atoms with E-state index in [0.717, 1.165) is 24.8 Å². The van der Waals surface area contributed by atoms with Gasteiger partial charge < -0.3 is 10.2 Å². The smallest absolute Gasteiger partial charge is 0.255 e. The van der Waals surface area contributed by atoms with Crippen molar-refractivity contribution < 1.29 is 9.59 Å². The highest BCUT2D eigenvalue weighted by Crippen LogP contribution is 2.34. The van der Waals surface area contributed by atoms with Gasteiger partial charge in [0.2, 0.25) is 5.91 Å². The molecule has 1 aliphatic rings. The molecule has 1 saturated heterocycles. The van der Waals surface area contributed by atoms with E-state index in [0.29, 0.717) is 23.8 Å². The molecule has 2 amide bonds. The number of hydrogen-bond donors (Lipinski definition) is 1. The van der Waals surface area contributed by atoms with Crippen molar-refractivity contribution in [3.05, 3.63) is 35.4 Å². The summed E-state index contributed by atoms with van der Waals surface area (Å²) >= 11 is 1.73. The highest BCUT2D eigenvalue weighted by Gasteiger charge is 2.41. The van der Waals surface area contributed by atoms with Gasteiger partial charge in [-0.1, -0.05) is 57.7 Å².